The first-order chi connectivity index (χ1) is 19.8. The molecule has 0 aliphatic carbocycles. The van der Waals surface area contributed by atoms with Crippen LogP contribution in [0.1, 0.15) is 17.1 Å². The maximum Gasteiger partial charge on any atom is 0.242 e. The molecule has 0 spiro atoms. The Hall–Kier alpha value is -4.01. The molecule has 0 aliphatic rings. The van der Waals surface area contributed by atoms with Crippen molar-refractivity contribution in [2.24, 2.45) is 17.2 Å². The molecule has 228 valence electrons. The summed E-state index contributed by atoms with van der Waals surface area (Å²) < 4.78 is 0. The standard InChI is InChI=1S/C24H33N9O9/c25-14(1-11-4-28-8-31-11)18(36)22(40)24(42,20(38)16(27)3-13-6-30-10-33-13)23(41,21(39)17(35)7-34)19(37)15(26)2-12-5-29-9-32-12/h4-6,8-10,14-17,21,34-35,39,41-42H,1-3,7,25-27H2,(H,28,31)(H,29,32)(H,30,33)/t14-,15-,16-,17+,21+,23-,24-/m0/s1. The Morgan fingerprint density at radius 2 is 1.14 bits per heavy atom. The van der Waals surface area contributed by atoms with E-state index in [1.807, 2.05) is 0 Å². The van der Waals surface area contributed by atoms with Crippen LogP contribution >= 0.6 is 0 Å². The summed E-state index contributed by atoms with van der Waals surface area (Å²) >= 11 is 0. The zero-order valence-electron chi connectivity index (χ0n) is 22.1. The van der Waals surface area contributed by atoms with Gasteiger partial charge in [0, 0.05) is 54.9 Å². The molecule has 7 atom stereocenters. The van der Waals surface area contributed by atoms with E-state index in [-0.39, 0.29) is 23.5 Å². The highest BCUT2D eigenvalue weighted by molar-refractivity contribution is 6.47. The Bertz CT molecular complexity index is 1350. The van der Waals surface area contributed by atoms with Gasteiger partial charge in [-0.15, -0.1) is 0 Å². The highest BCUT2D eigenvalue weighted by Crippen LogP contribution is 2.34. The van der Waals surface area contributed by atoms with E-state index < -0.39 is 84.1 Å². The number of aromatic amines is 3. The number of hydrogen-bond donors (Lipinski definition) is 11. The Morgan fingerprint density at radius 1 is 0.738 bits per heavy atom. The fourth-order valence-electron chi connectivity index (χ4n) is 4.46. The Morgan fingerprint density at radius 3 is 1.52 bits per heavy atom. The number of carbonyl (C=O) groups excluding carboxylic acids is 4. The number of carbonyl (C=O) groups is 4. The largest absolute Gasteiger partial charge is 0.394 e. The summed E-state index contributed by atoms with van der Waals surface area (Å²) in [6.07, 6.45) is 0.897. The zero-order valence-corrected chi connectivity index (χ0v) is 22.1. The molecule has 0 saturated carbocycles. The van der Waals surface area contributed by atoms with Gasteiger partial charge in [0.15, 0.2) is 17.2 Å². The number of nitrogens with zero attached hydrogens (tertiary/aromatic N) is 3. The van der Waals surface area contributed by atoms with E-state index in [0.29, 0.717) is 0 Å². The van der Waals surface area contributed by atoms with Gasteiger partial charge in [0.05, 0.1) is 43.7 Å². The fourth-order valence-corrected chi connectivity index (χ4v) is 4.46. The van der Waals surface area contributed by atoms with Crippen molar-refractivity contribution in [1.29, 1.82) is 0 Å². The number of ketones is 4. The lowest BCUT2D eigenvalue weighted by Crippen LogP contribution is -2.79. The normalized spacial score (nSPS) is 18.2. The van der Waals surface area contributed by atoms with Gasteiger partial charge in [0.1, 0.15) is 12.2 Å². The molecule has 0 bridgehead atoms. The Balaban J connectivity index is 2.15. The first kappa shape index (κ1) is 32.5. The second kappa shape index (κ2) is 13.3. The topological polar surface area (TPSA) is 334 Å². The summed E-state index contributed by atoms with van der Waals surface area (Å²) in [5, 5.41) is 54.4. The average Bonchev–Trinajstić information content (AvgIpc) is 3.79. The van der Waals surface area contributed by atoms with Crippen molar-refractivity contribution in [2.45, 2.75) is 60.8 Å². The van der Waals surface area contributed by atoms with Gasteiger partial charge in [0.2, 0.25) is 17.2 Å². The van der Waals surface area contributed by atoms with Gasteiger partial charge in [-0.2, -0.15) is 0 Å². The molecule has 18 nitrogen and oxygen atoms in total. The van der Waals surface area contributed by atoms with Crippen molar-refractivity contribution in [3.63, 3.8) is 0 Å². The number of Topliss-reactive ketones (excluding diaryl/α,β-unsaturated/α-hetero) is 4. The molecule has 0 radical (unpaired) electrons. The van der Waals surface area contributed by atoms with Crippen LogP contribution < -0.4 is 17.2 Å². The average molecular weight is 592 g/mol. The van der Waals surface area contributed by atoms with Gasteiger partial charge < -0.3 is 57.7 Å². The van der Waals surface area contributed by atoms with E-state index in [9.17, 15) is 44.7 Å². The molecule has 0 amide bonds. The number of nitrogens with one attached hydrogen (secondary N) is 3. The lowest BCUT2D eigenvalue weighted by Gasteiger charge is -2.45. The predicted octanol–water partition coefficient (Wildman–Crippen LogP) is -5.68. The lowest BCUT2D eigenvalue weighted by atomic mass is 9.65. The van der Waals surface area contributed by atoms with Gasteiger partial charge in [0.25, 0.3) is 0 Å². The third-order valence-corrected chi connectivity index (χ3v) is 6.81. The number of hydrogen-bond acceptors (Lipinski definition) is 15. The van der Waals surface area contributed by atoms with Crippen molar-refractivity contribution in [1.82, 2.24) is 29.9 Å². The van der Waals surface area contributed by atoms with Crippen LogP contribution in [0.2, 0.25) is 0 Å². The highest BCUT2D eigenvalue weighted by Gasteiger charge is 2.70. The van der Waals surface area contributed by atoms with E-state index in [1.165, 1.54) is 37.6 Å². The minimum Gasteiger partial charge on any atom is -0.394 e. The number of nitrogens with two attached hydrogens (primary N) is 3. The molecule has 3 aromatic heterocycles. The SMILES string of the molecule is N[C@@H](Cc1cnc[nH]1)C(=O)C(=O)[C@@](O)(C(=O)[C@@H](N)Cc1cnc[nH]1)[C@](O)(C(=O)[C@@H](N)Cc1cnc[nH]1)[C@H](O)[C@H](O)CO. The summed E-state index contributed by atoms with van der Waals surface area (Å²) in [6, 6.07) is -5.53. The first-order valence-corrected chi connectivity index (χ1v) is 12.6. The lowest BCUT2D eigenvalue weighted by molar-refractivity contribution is -0.219. The minimum absolute atomic E-state index is 0.217. The summed E-state index contributed by atoms with van der Waals surface area (Å²) in [4.78, 5) is 73.8. The van der Waals surface area contributed by atoms with Crippen LogP contribution in [0.5, 0.6) is 0 Å². The molecule has 0 saturated heterocycles. The van der Waals surface area contributed by atoms with E-state index >= 15 is 0 Å². The highest BCUT2D eigenvalue weighted by atomic mass is 16.4. The molecular weight excluding hydrogens is 558 g/mol. The molecule has 0 aliphatic heterocycles. The van der Waals surface area contributed by atoms with Crippen molar-refractivity contribution in [3.8, 4) is 0 Å². The molecule has 14 N–H and O–H groups in total. The number of aliphatic hydroxyl groups is 5. The van der Waals surface area contributed by atoms with Gasteiger partial charge in [-0.1, -0.05) is 0 Å². The second-order valence-electron chi connectivity index (χ2n) is 9.76. The molecule has 0 fully saturated rings. The van der Waals surface area contributed by atoms with Crippen LogP contribution in [0.25, 0.3) is 0 Å². The van der Waals surface area contributed by atoms with E-state index in [2.05, 4.69) is 29.9 Å². The van der Waals surface area contributed by atoms with Crippen molar-refractivity contribution < 1.29 is 44.7 Å². The summed E-state index contributed by atoms with van der Waals surface area (Å²) in [6.45, 7) is -1.32. The number of H-pyrrole nitrogens is 3. The first-order valence-electron chi connectivity index (χ1n) is 12.6. The van der Waals surface area contributed by atoms with Crippen molar-refractivity contribution >= 4 is 23.1 Å². The van der Waals surface area contributed by atoms with Crippen LogP contribution in [-0.2, 0) is 38.4 Å². The molecule has 3 aromatic rings. The summed E-state index contributed by atoms with van der Waals surface area (Å²) in [7, 11) is 0. The maximum absolute atomic E-state index is 13.8. The fraction of sp³-hybridized carbons (Fsp3) is 0.458. The van der Waals surface area contributed by atoms with Crippen LogP contribution in [0.3, 0.4) is 0 Å². The van der Waals surface area contributed by atoms with Crippen molar-refractivity contribution in [3.05, 3.63) is 54.7 Å². The maximum atomic E-state index is 13.8. The molecule has 3 heterocycles. The van der Waals surface area contributed by atoms with Gasteiger partial charge in [-0.05, 0) is 0 Å². The third kappa shape index (κ3) is 6.25. The number of rotatable bonds is 17. The van der Waals surface area contributed by atoms with E-state index in [1.54, 1.807) is 0 Å². The molecule has 18 heteroatoms. The predicted molar refractivity (Wildman–Crippen MR) is 140 cm³/mol. The van der Waals surface area contributed by atoms with Crippen LogP contribution in [0, 0.1) is 0 Å². The quantitative estimate of drug-likeness (QED) is 0.0514. The summed E-state index contributed by atoms with van der Waals surface area (Å²) in [5.74, 6) is -7.30. The summed E-state index contributed by atoms with van der Waals surface area (Å²) in [5.41, 5.74) is 10.4. The van der Waals surface area contributed by atoms with Crippen LogP contribution in [-0.4, -0.2) is 127 Å². The molecular formula is C24H33N9O9. The monoisotopic (exact) mass is 591 g/mol. The second-order valence-corrected chi connectivity index (χ2v) is 9.76. The molecule has 0 unspecified atom stereocenters. The molecule has 42 heavy (non-hydrogen) atoms. The third-order valence-electron chi connectivity index (χ3n) is 6.81. The van der Waals surface area contributed by atoms with Gasteiger partial charge in [-0.3, -0.25) is 19.2 Å². The van der Waals surface area contributed by atoms with Crippen molar-refractivity contribution in [2.75, 3.05) is 6.61 Å². The van der Waals surface area contributed by atoms with Crippen LogP contribution in [0.4, 0.5) is 0 Å². The smallest absolute Gasteiger partial charge is 0.242 e. The number of aliphatic hydroxyl groups excluding tert-OH is 3. The zero-order chi connectivity index (χ0) is 31.2. The van der Waals surface area contributed by atoms with E-state index in [4.69, 9.17) is 17.2 Å². The number of imidazole rings is 3. The minimum atomic E-state index is -4.16. The van der Waals surface area contributed by atoms with Gasteiger partial charge in [-0.25, -0.2) is 15.0 Å². The van der Waals surface area contributed by atoms with Crippen LogP contribution in [0.15, 0.2) is 37.6 Å². The number of aromatic nitrogens is 6. The molecule has 3 rings (SSSR count). The van der Waals surface area contributed by atoms with Gasteiger partial charge >= 0.3 is 0 Å². The Labute approximate surface area is 237 Å². The Kier molecular flexibility index (Phi) is 10.3. The molecule has 0 aromatic carbocycles. The van der Waals surface area contributed by atoms with E-state index in [0.717, 1.165) is 0 Å².